The summed E-state index contributed by atoms with van der Waals surface area (Å²) in [6.45, 7) is 0. The summed E-state index contributed by atoms with van der Waals surface area (Å²) < 4.78 is 29.5. The van der Waals surface area contributed by atoms with Crippen molar-refractivity contribution in [3.8, 4) is 0 Å². The molecule has 0 fully saturated rings. The third-order valence-electron chi connectivity index (χ3n) is 0.949. The van der Waals surface area contributed by atoms with Gasteiger partial charge in [-0.15, -0.1) is 0 Å². The van der Waals surface area contributed by atoms with E-state index in [4.69, 9.17) is 0 Å². The molecule has 0 amide bonds. The molecule has 12 heavy (non-hydrogen) atoms. The van der Waals surface area contributed by atoms with Crippen LogP contribution in [0, 0.1) is 0 Å². The molecule has 6 heteroatoms. The second-order valence-electron chi connectivity index (χ2n) is 2.05. The Kier molecular flexibility index (Phi) is 2.18. The van der Waals surface area contributed by atoms with Crippen molar-refractivity contribution in [2.45, 2.75) is 0 Å². The SMILES string of the molecule is CS(=O)(=O)OC(=O)c1ccco1. The van der Waals surface area contributed by atoms with Crippen LogP contribution in [-0.4, -0.2) is 20.6 Å². The van der Waals surface area contributed by atoms with E-state index in [0.29, 0.717) is 0 Å². The lowest BCUT2D eigenvalue weighted by Gasteiger charge is -1.96. The fraction of sp³-hybridized carbons (Fsp3) is 0.167. The van der Waals surface area contributed by atoms with Gasteiger partial charge in [0.2, 0.25) is 5.76 Å². The molecule has 5 nitrogen and oxygen atoms in total. The van der Waals surface area contributed by atoms with E-state index in [0.717, 1.165) is 6.26 Å². The standard InChI is InChI=1S/C6H6O5S/c1-12(8,9)11-6(7)5-3-2-4-10-5/h2-4H,1H3. The Bertz CT molecular complexity index is 361. The predicted octanol–water partition coefficient (Wildman–Crippen LogP) is 0.396. The Hall–Kier alpha value is -1.30. The molecule has 0 unspecified atom stereocenters. The van der Waals surface area contributed by atoms with Crippen LogP contribution in [0.25, 0.3) is 0 Å². The molecule has 1 aromatic heterocycles. The minimum Gasteiger partial charge on any atom is -0.457 e. The zero-order chi connectivity index (χ0) is 9.19. The number of carbonyl (C=O) groups excluding carboxylic acids is 1. The average molecular weight is 190 g/mol. The van der Waals surface area contributed by atoms with Gasteiger partial charge in [-0.3, -0.25) is 0 Å². The summed E-state index contributed by atoms with van der Waals surface area (Å²) in [7, 11) is -3.76. The van der Waals surface area contributed by atoms with Crippen LogP contribution in [0.2, 0.25) is 0 Å². The van der Waals surface area contributed by atoms with Crippen molar-refractivity contribution >= 4 is 16.1 Å². The van der Waals surface area contributed by atoms with Crippen LogP contribution in [0.4, 0.5) is 0 Å². The van der Waals surface area contributed by atoms with Crippen LogP contribution < -0.4 is 0 Å². The summed E-state index contributed by atoms with van der Waals surface area (Å²) in [5.74, 6) is -1.15. The van der Waals surface area contributed by atoms with Crippen molar-refractivity contribution in [3.63, 3.8) is 0 Å². The quantitative estimate of drug-likeness (QED) is 0.631. The Labute approximate surface area is 69.1 Å². The number of hydrogen-bond acceptors (Lipinski definition) is 5. The lowest BCUT2D eigenvalue weighted by molar-refractivity contribution is 0.0715. The summed E-state index contributed by atoms with van der Waals surface area (Å²) in [6.07, 6.45) is 2.03. The van der Waals surface area contributed by atoms with Crippen molar-refractivity contribution < 1.29 is 21.8 Å². The van der Waals surface area contributed by atoms with Gasteiger partial charge in [0, 0.05) is 0 Å². The summed E-state index contributed by atoms with van der Waals surface area (Å²) in [4.78, 5) is 10.8. The minimum absolute atomic E-state index is 0.138. The van der Waals surface area contributed by atoms with Crippen molar-refractivity contribution in [3.05, 3.63) is 24.2 Å². The van der Waals surface area contributed by atoms with E-state index in [-0.39, 0.29) is 5.76 Å². The largest absolute Gasteiger partial charge is 0.457 e. The zero-order valence-corrected chi connectivity index (χ0v) is 7.00. The molecular weight excluding hydrogens is 184 g/mol. The highest BCUT2D eigenvalue weighted by atomic mass is 32.2. The summed E-state index contributed by atoms with van der Waals surface area (Å²) in [6, 6.07) is 2.77. The molecule has 0 aliphatic rings. The number of hydrogen-bond donors (Lipinski definition) is 0. The first-order valence-electron chi connectivity index (χ1n) is 2.96. The van der Waals surface area contributed by atoms with Crippen LogP contribution in [0.1, 0.15) is 10.6 Å². The van der Waals surface area contributed by atoms with Crippen molar-refractivity contribution in [1.82, 2.24) is 0 Å². The van der Waals surface area contributed by atoms with Gasteiger partial charge in [0.15, 0.2) is 0 Å². The highest BCUT2D eigenvalue weighted by molar-refractivity contribution is 7.86. The maximum Gasteiger partial charge on any atom is 0.389 e. The van der Waals surface area contributed by atoms with Gasteiger partial charge in [-0.05, 0) is 12.1 Å². The molecule has 0 aromatic carbocycles. The second-order valence-corrected chi connectivity index (χ2v) is 3.63. The Morgan fingerprint density at radius 1 is 1.58 bits per heavy atom. The van der Waals surface area contributed by atoms with E-state index in [2.05, 4.69) is 8.60 Å². The normalized spacial score (nSPS) is 11.1. The van der Waals surface area contributed by atoms with Gasteiger partial charge >= 0.3 is 16.1 Å². The van der Waals surface area contributed by atoms with E-state index in [9.17, 15) is 13.2 Å². The summed E-state index contributed by atoms with van der Waals surface area (Å²) in [5, 5.41) is 0. The van der Waals surface area contributed by atoms with E-state index in [1.165, 1.54) is 18.4 Å². The molecule has 0 atom stereocenters. The van der Waals surface area contributed by atoms with E-state index < -0.39 is 16.1 Å². The fourth-order valence-electron chi connectivity index (χ4n) is 0.573. The molecule has 1 rings (SSSR count). The number of rotatable bonds is 2. The second kappa shape index (κ2) is 2.98. The highest BCUT2D eigenvalue weighted by Crippen LogP contribution is 2.03. The van der Waals surface area contributed by atoms with Gasteiger partial charge in [-0.25, -0.2) is 4.79 Å². The maximum absolute atomic E-state index is 10.8. The van der Waals surface area contributed by atoms with E-state index in [1.807, 2.05) is 0 Å². The summed E-state index contributed by atoms with van der Waals surface area (Å²) >= 11 is 0. The fourth-order valence-corrected chi connectivity index (χ4v) is 0.930. The molecular formula is C6H6O5S. The molecule has 0 spiro atoms. The number of furan rings is 1. The Morgan fingerprint density at radius 2 is 2.25 bits per heavy atom. The lowest BCUT2D eigenvalue weighted by atomic mass is 10.5. The van der Waals surface area contributed by atoms with Crippen LogP contribution in [-0.2, 0) is 14.3 Å². The molecule has 0 saturated carbocycles. The van der Waals surface area contributed by atoms with Gasteiger partial charge in [0.1, 0.15) is 0 Å². The van der Waals surface area contributed by atoms with Crippen LogP contribution in [0.3, 0.4) is 0 Å². The highest BCUT2D eigenvalue weighted by Gasteiger charge is 2.15. The molecule has 0 N–H and O–H groups in total. The zero-order valence-electron chi connectivity index (χ0n) is 6.18. The molecule has 66 valence electrons. The van der Waals surface area contributed by atoms with Crippen molar-refractivity contribution in [2.75, 3.05) is 6.26 Å². The smallest absolute Gasteiger partial charge is 0.389 e. The first-order chi connectivity index (χ1) is 5.49. The van der Waals surface area contributed by atoms with Gasteiger partial charge in [-0.2, -0.15) is 8.42 Å². The predicted molar refractivity (Wildman–Crippen MR) is 39.0 cm³/mol. The molecule has 0 radical (unpaired) electrons. The third-order valence-corrected chi connectivity index (χ3v) is 1.40. The first-order valence-corrected chi connectivity index (χ1v) is 4.78. The Balaban J connectivity index is 2.76. The lowest BCUT2D eigenvalue weighted by Crippen LogP contribution is -2.10. The molecule has 1 aromatic rings. The maximum atomic E-state index is 10.8. The van der Waals surface area contributed by atoms with Gasteiger partial charge in [0.05, 0.1) is 12.5 Å². The number of carbonyl (C=O) groups is 1. The summed E-state index contributed by atoms with van der Waals surface area (Å²) in [5.41, 5.74) is 0. The van der Waals surface area contributed by atoms with Crippen LogP contribution >= 0.6 is 0 Å². The van der Waals surface area contributed by atoms with E-state index >= 15 is 0 Å². The van der Waals surface area contributed by atoms with Gasteiger partial charge in [0.25, 0.3) is 0 Å². The third kappa shape index (κ3) is 2.39. The monoisotopic (exact) mass is 190 g/mol. The topological polar surface area (TPSA) is 73.6 Å². The molecule has 0 bridgehead atoms. The molecule has 0 aliphatic carbocycles. The molecule has 1 heterocycles. The van der Waals surface area contributed by atoms with Crippen LogP contribution in [0.5, 0.6) is 0 Å². The average Bonchev–Trinajstić information content (AvgIpc) is 2.32. The van der Waals surface area contributed by atoms with Crippen LogP contribution in [0.15, 0.2) is 22.8 Å². The Morgan fingerprint density at radius 3 is 2.67 bits per heavy atom. The molecule has 0 saturated heterocycles. The van der Waals surface area contributed by atoms with Gasteiger partial charge < -0.3 is 8.60 Å². The van der Waals surface area contributed by atoms with Crippen molar-refractivity contribution in [1.29, 1.82) is 0 Å². The molecule has 0 aliphatic heterocycles. The minimum atomic E-state index is -3.76. The van der Waals surface area contributed by atoms with Crippen molar-refractivity contribution in [2.24, 2.45) is 0 Å². The van der Waals surface area contributed by atoms with E-state index in [1.54, 1.807) is 0 Å². The van der Waals surface area contributed by atoms with Gasteiger partial charge in [-0.1, -0.05) is 0 Å². The first kappa shape index (κ1) is 8.79.